The number of nitrogens with one attached hydrogen (secondary N) is 1. The Balaban J connectivity index is 2.07. The smallest absolute Gasteiger partial charge is 0.255 e. The molecule has 2 aromatic rings. The zero-order valence-corrected chi connectivity index (χ0v) is 9.85. The molecule has 2 aromatic carbocycles. The van der Waals surface area contributed by atoms with Gasteiger partial charge < -0.3 is 10.1 Å². The van der Waals surface area contributed by atoms with Crippen LogP contribution in [0.4, 0.5) is 0 Å². The molecule has 0 spiro atoms. The zero-order chi connectivity index (χ0) is 12.4. The number of amides is 1. The average molecular weight is 239 g/mol. The van der Waals surface area contributed by atoms with Gasteiger partial charge >= 0.3 is 0 Å². The van der Waals surface area contributed by atoms with Crippen LogP contribution >= 0.6 is 0 Å². The standard InChI is InChI=1S/C15H13NO2/c17-15-13-10-12(11-4-2-1-3-5-11)6-7-14(13)18-9-8-16-15/h1-7,10H,8-9H2,(H,16,17). The topological polar surface area (TPSA) is 38.3 Å². The molecule has 0 aromatic heterocycles. The van der Waals surface area contributed by atoms with E-state index in [0.29, 0.717) is 24.5 Å². The van der Waals surface area contributed by atoms with Crippen molar-refractivity contribution in [3.05, 3.63) is 54.1 Å². The fraction of sp³-hybridized carbons (Fsp3) is 0.133. The lowest BCUT2D eigenvalue weighted by atomic mass is 10.0. The first kappa shape index (κ1) is 10.8. The molecule has 0 saturated heterocycles. The second kappa shape index (κ2) is 4.53. The Morgan fingerprint density at radius 1 is 1.00 bits per heavy atom. The van der Waals surface area contributed by atoms with E-state index in [1.54, 1.807) is 0 Å². The van der Waals surface area contributed by atoms with E-state index in [1.165, 1.54) is 0 Å². The van der Waals surface area contributed by atoms with Crippen molar-refractivity contribution < 1.29 is 9.53 Å². The van der Waals surface area contributed by atoms with Crippen molar-refractivity contribution in [2.45, 2.75) is 0 Å². The van der Waals surface area contributed by atoms with E-state index in [9.17, 15) is 4.79 Å². The maximum atomic E-state index is 11.9. The number of hydrogen-bond acceptors (Lipinski definition) is 2. The van der Waals surface area contributed by atoms with Gasteiger partial charge in [-0.1, -0.05) is 36.4 Å². The lowest BCUT2D eigenvalue weighted by Gasteiger charge is -2.08. The third-order valence-corrected chi connectivity index (χ3v) is 2.98. The molecule has 1 aliphatic heterocycles. The molecule has 0 unspecified atom stereocenters. The minimum atomic E-state index is -0.0692. The lowest BCUT2D eigenvalue weighted by molar-refractivity contribution is 0.0957. The van der Waals surface area contributed by atoms with E-state index in [0.717, 1.165) is 11.1 Å². The Morgan fingerprint density at radius 3 is 2.67 bits per heavy atom. The maximum Gasteiger partial charge on any atom is 0.255 e. The second-order valence-corrected chi connectivity index (χ2v) is 4.18. The highest BCUT2D eigenvalue weighted by Crippen LogP contribution is 2.27. The summed E-state index contributed by atoms with van der Waals surface area (Å²) >= 11 is 0. The van der Waals surface area contributed by atoms with Gasteiger partial charge in [0, 0.05) is 0 Å². The SMILES string of the molecule is O=C1NCCOc2ccc(-c3ccccc3)cc21. The monoisotopic (exact) mass is 239 g/mol. The van der Waals surface area contributed by atoms with Crippen LogP contribution in [0.3, 0.4) is 0 Å². The van der Waals surface area contributed by atoms with Gasteiger partial charge in [-0.05, 0) is 23.3 Å². The first-order valence-corrected chi connectivity index (χ1v) is 5.95. The van der Waals surface area contributed by atoms with Crippen molar-refractivity contribution in [2.75, 3.05) is 13.2 Å². The summed E-state index contributed by atoms with van der Waals surface area (Å²) in [5.41, 5.74) is 2.72. The molecule has 3 nitrogen and oxygen atoms in total. The molecule has 1 N–H and O–H groups in total. The molecule has 3 heteroatoms. The molecule has 3 rings (SSSR count). The Morgan fingerprint density at radius 2 is 1.83 bits per heavy atom. The van der Waals surface area contributed by atoms with Crippen LogP contribution in [0.25, 0.3) is 11.1 Å². The molecular formula is C15H13NO2. The van der Waals surface area contributed by atoms with Crippen LogP contribution in [0.1, 0.15) is 10.4 Å². The molecule has 0 aliphatic carbocycles. The van der Waals surface area contributed by atoms with E-state index in [1.807, 2.05) is 48.5 Å². The highest BCUT2D eigenvalue weighted by molar-refractivity contribution is 5.98. The number of benzene rings is 2. The molecule has 0 radical (unpaired) electrons. The third kappa shape index (κ3) is 1.95. The molecule has 1 heterocycles. The van der Waals surface area contributed by atoms with Crippen molar-refractivity contribution in [1.29, 1.82) is 0 Å². The highest BCUT2D eigenvalue weighted by atomic mass is 16.5. The molecule has 0 atom stereocenters. The van der Waals surface area contributed by atoms with Crippen molar-refractivity contribution in [1.82, 2.24) is 5.32 Å². The number of ether oxygens (including phenoxy) is 1. The summed E-state index contributed by atoms with van der Waals surface area (Å²) in [5, 5.41) is 2.82. The maximum absolute atomic E-state index is 11.9. The summed E-state index contributed by atoms with van der Waals surface area (Å²) in [5.74, 6) is 0.588. The fourth-order valence-corrected chi connectivity index (χ4v) is 2.06. The first-order chi connectivity index (χ1) is 8.84. The highest BCUT2D eigenvalue weighted by Gasteiger charge is 2.16. The molecule has 18 heavy (non-hydrogen) atoms. The van der Waals surface area contributed by atoms with Crippen molar-refractivity contribution >= 4 is 5.91 Å². The number of fused-ring (bicyclic) bond motifs is 1. The van der Waals surface area contributed by atoms with Gasteiger partial charge in [0.2, 0.25) is 0 Å². The van der Waals surface area contributed by atoms with Crippen LogP contribution in [-0.2, 0) is 0 Å². The minimum absolute atomic E-state index is 0.0692. The Labute approximate surface area is 105 Å². The van der Waals surface area contributed by atoms with Crippen molar-refractivity contribution in [3.63, 3.8) is 0 Å². The molecule has 0 bridgehead atoms. The Bertz CT molecular complexity index is 578. The fourth-order valence-electron chi connectivity index (χ4n) is 2.06. The Hall–Kier alpha value is -2.29. The zero-order valence-electron chi connectivity index (χ0n) is 9.85. The lowest BCUT2D eigenvalue weighted by Crippen LogP contribution is -2.24. The van der Waals surface area contributed by atoms with Gasteiger partial charge in [0.1, 0.15) is 12.4 Å². The molecule has 90 valence electrons. The largest absolute Gasteiger partial charge is 0.491 e. The molecule has 1 aliphatic rings. The van der Waals surface area contributed by atoms with Crippen LogP contribution in [0.15, 0.2) is 48.5 Å². The second-order valence-electron chi connectivity index (χ2n) is 4.18. The summed E-state index contributed by atoms with van der Waals surface area (Å²) in [6.07, 6.45) is 0. The van der Waals surface area contributed by atoms with Gasteiger partial charge in [-0.25, -0.2) is 0 Å². The van der Waals surface area contributed by atoms with Crippen LogP contribution < -0.4 is 10.1 Å². The van der Waals surface area contributed by atoms with Crippen molar-refractivity contribution in [3.8, 4) is 16.9 Å². The minimum Gasteiger partial charge on any atom is -0.491 e. The summed E-state index contributed by atoms with van der Waals surface area (Å²) in [6, 6.07) is 15.7. The van der Waals surface area contributed by atoms with Gasteiger partial charge in [-0.3, -0.25) is 4.79 Å². The third-order valence-electron chi connectivity index (χ3n) is 2.98. The summed E-state index contributed by atoms with van der Waals surface area (Å²) in [7, 11) is 0. The van der Waals surface area contributed by atoms with Gasteiger partial charge in [0.15, 0.2) is 0 Å². The molecule has 0 fully saturated rings. The van der Waals surface area contributed by atoms with Crippen molar-refractivity contribution in [2.24, 2.45) is 0 Å². The summed E-state index contributed by atoms with van der Waals surface area (Å²) < 4.78 is 5.53. The van der Waals surface area contributed by atoms with Gasteiger partial charge in [0.05, 0.1) is 12.1 Å². The molecule has 1 amide bonds. The predicted molar refractivity (Wildman–Crippen MR) is 69.7 cm³/mol. The predicted octanol–water partition coefficient (Wildman–Crippen LogP) is 2.48. The number of rotatable bonds is 1. The Kier molecular flexibility index (Phi) is 2.73. The number of carbonyl (C=O) groups excluding carboxylic acids is 1. The van der Waals surface area contributed by atoms with E-state index in [-0.39, 0.29) is 5.91 Å². The normalized spacial score (nSPS) is 14.1. The quantitative estimate of drug-likeness (QED) is 0.830. The van der Waals surface area contributed by atoms with Crippen LogP contribution in [-0.4, -0.2) is 19.1 Å². The summed E-state index contributed by atoms with van der Waals surface area (Å²) in [4.78, 5) is 11.9. The van der Waals surface area contributed by atoms with E-state index < -0.39 is 0 Å². The van der Waals surface area contributed by atoms with Gasteiger partial charge in [-0.2, -0.15) is 0 Å². The summed E-state index contributed by atoms with van der Waals surface area (Å²) in [6.45, 7) is 1.07. The van der Waals surface area contributed by atoms with E-state index >= 15 is 0 Å². The van der Waals surface area contributed by atoms with Crippen LogP contribution in [0.5, 0.6) is 5.75 Å². The molecular weight excluding hydrogens is 226 g/mol. The number of carbonyl (C=O) groups is 1. The van der Waals surface area contributed by atoms with Gasteiger partial charge in [-0.15, -0.1) is 0 Å². The van der Waals surface area contributed by atoms with E-state index in [2.05, 4.69) is 5.32 Å². The molecule has 0 saturated carbocycles. The van der Waals surface area contributed by atoms with Gasteiger partial charge in [0.25, 0.3) is 5.91 Å². The van der Waals surface area contributed by atoms with E-state index in [4.69, 9.17) is 4.74 Å². The average Bonchev–Trinajstić information content (AvgIpc) is 2.62. The first-order valence-electron chi connectivity index (χ1n) is 5.95. The van der Waals surface area contributed by atoms with Crippen LogP contribution in [0, 0.1) is 0 Å². The number of hydrogen-bond donors (Lipinski definition) is 1. The van der Waals surface area contributed by atoms with Crippen LogP contribution in [0.2, 0.25) is 0 Å².